The molecule has 0 aromatic carbocycles. The molecule has 0 bridgehead atoms. The van der Waals surface area contributed by atoms with Gasteiger partial charge in [-0.1, -0.05) is 0 Å². The molecule has 0 amide bonds. The zero-order chi connectivity index (χ0) is 8.81. The first-order chi connectivity index (χ1) is 5.86. The van der Waals surface area contributed by atoms with Crippen molar-refractivity contribution in [2.45, 2.75) is 12.8 Å². The lowest BCUT2D eigenvalue weighted by atomic mass is 10.0. The van der Waals surface area contributed by atoms with Gasteiger partial charge in [-0.15, -0.1) is 0 Å². The van der Waals surface area contributed by atoms with E-state index in [-0.39, 0.29) is 19.1 Å². The quantitative estimate of drug-likeness (QED) is 0.687. The highest BCUT2D eigenvalue weighted by Crippen LogP contribution is 2.11. The Morgan fingerprint density at radius 1 is 1.42 bits per heavy atom. The summed E-state index contributed by atoms with van der Waals surface area (Å²) in [5.74, 6) is 0.976. The maximum Gasteiger partial charge on any atom is 0.104 e. The molecule has 1 aromatic heterocycles. The van der Waals surface area contributed by atoms with Gasteiger partial charge in [0.25, 0.3) is 0 Å². The predicted molar refractivity (Wildman–Crippen MR) is 44.7 cm³/mol. The van der Waals surface area contributed by atoms with Gasteiger partial charge in [-0.05, 0) is 24.5 Å². The van der Waals surface area contributed by atoms with Crippen LogP contribution in [0.1, 0.15) is 12.2 Å². The third-order valence-electron chi connectivity index (χ3n) is 1.87. The van der Waals surface area contributed by atoms with Gasteiger partial charge in [-0.25, -0.2) is 0 Å². The van der Waals surface area contributed by atoms with Crippen molar-refractivity contribution >= 4 is 0 Å². The van der Waals surface area contributed by atoms with E-state index in [4.69, 9.17) is 14.6 Å². The standard InChI is InChI=1S/C9H14O3/c10-4-3-8(7-11)6-9-2-1-5-12-9/h1-2,5,8,10-11H,3-4,6-7H2. The molecule has 0 fully saturated rings. The molecule has 2 N–H and O–H groups in total. The van der Waals surface area contributed by atoms with E-state index in [0.717, 1.165) is 5.76 Å². The molecule has 0 aliphatic heterocycles. The van der Waals surface area contributed by atoms with Crippen molar-refractivity contribution in [1.29, 1.82) is 0 Å². The van der Waals surface area contributed by atoms with Crippen LogP contribution in [-0.4, -0.2) is 23.4 Å². The van der Waals surface area contributed by atoms with E-state index in [1.807, 2.05) is 12.1 Å². The minimum Gasteiger partial charge on any atom is -0.469 e. The SMILES string of the molecule is OCCC(CO)Cc1ccco1. The largest absolute Gasteiger partial charge is 0.469 e. The first-order valence-electron chi connectivity index (χ1n) is 4.11. The van der Waals surface area contributed by atoms with Crippen molar-refractivity contribution in [1.82, 2.24) is 0 Å². The molecule has 0 aliphatic rings. The van der Waals surface area contributed by atoms with Crippen molar-refractivity contribution in [3.05, 3.63) is 24.2 Å². The fourth-order valence-corrected chi connectivity index (χ4v) is 1.15. The van der Waals surface area contributed by atoms with Crippen LogP contribution in [0.4, 0.5) is 0 Å². The topological polar surface area (TPSA) is 53.6 Å². The van der Waals surface area contributed by atoms with E-state index in [0.29, 0.717) is 12.8 Å². The number of furan rings is 1. The molecule has 3 heteroatoms. The molecule has 0 saturated heterocycles. The Labute approximate surface area is 71.6 Å². The molecule has 0 radical (unpaired) electrons. The monoisotopic (exact) mass is 170 g/mol. The van der Waals surface area contributed by atoms with E-state index in [2.05, 4.69) is 0 Å². The number of hydrogen-bond acceptors (Lipinski definition) is 3. The average Bonchev–Trinajstić information content (AvgIpc) is 2.56. The molecule has 3 nitrogen and oxygen atoms in total. The molecule has 0 aliphatic carbocycles. The molecule has 12 heavy (non-hydrogen) atoms. The van der Waals surface area contributed by atoms with Gasteiger partial charge in [0.05, 0.1) is 6.26 Å². The van der Waals surface area contributed by atoms with Crippen molar-refractivity contribution in [2.24, 2.45) is 5.92 Å². The van der Waals surface area contributed by atoms with Crippen LogP contribution >= 0.6 is 0 Å². The molecule has 1 heterocycles. The first kappa shape index (κ1) is 9.29. The molecule has 1 aromatic rings. The van der Waals surface area contributed by atoms with Crippen LogP contribution in [0.2, 0.25) is 0 Å². The maximum atomic E-state index is 8.90. The molecule has 0 spiro atoms. The van der Waals surface area contributed by atoms with Gasteiger partial charge in [-0.2, -0.15) is 0 Å². The number of hydrogen-bond donors (Lipinski definition) is 2. The highest BCUT2D eigenvalue weighted by atomic mass is 16.3. The normalized spacial score (nSPS) is 13.2. The van der Waals surface area contributed by atoms with Gasteiger partial charge in [0.1, 0.15) is 5.76 Å². The van der Waals surface area contributed by atoms with Crippen LogP contribution in [0.25, 0.3) is 0 Å². The average molecular weight is 170 g/mol. The second kappa shape index (κ2) is 4.95. The van der Waals surface area contributed by atoms with Crippen molar-refractivity contribution in [3.8, 4) is 0 Å². The maximum absolute atomic E-state index is 8.90. The second-order valence-corrected chi connectivity index (χ2v) is 2.84. The summed E-state index contributed by atoms with van der Waals surface area (Å²) in [4.78, 5) is 0. The molecule has 0 saturated carbocycles. The van der Waals surface area contributed by atoms with Crippen LogP contribution in [0.5, 0.6) is 0 Å². The van der Waals surface area contributed by atoms with E-state index in [1.54, 1.807) is 6.26 Å². The van der Waals surface area contributed by atoms with Gasteiger partial charge in [-0.3, -0.25) is 0 Å². The summed E-state index contributed by atoms with van der Waals surface area (Å²) < 4.78 is 5.12. The summed E-state index contributed by atoms with van der Waals surface area (Å²) in [7, 11) is 0. The fourth-order valence-electron chi connectivity index (χ4n) is 1.15. The van der Waals surface area contributed by atoms with Crippen LogP contribution in [0.15, 0.2) is 22.8 Å². The van der Waals surface area contributed by atoms with Gasteiger partial charge >= 0.3 is 0 Å². The fraction of sp³-hybridized carbons (Fsp3) is 0.556. The highest BCUT2D eigenvalue weighted by molar-refractivity contribution is 4.99. The number of rotatable bonds is 5. The molecule has 1 rings (SSSR count). The Balaban J connectivity index is 2.37. The zero-order valence-electron chi connectivity index (χ0n) is 6.94. The Bertz CT molecular complexity index is 194. The summed E-state index contributed by atoms with van der Waals surface area (Å²) in [5, 5.41) is 17.6. The van der Waals surface area contributed by atoms with Crippen LogP contribution in [0, 0.1) is 5.92 Å². The lowest BCUT2D eigenvalue weighted by molar-refractivity contribution is 0.178. The van der Waals surface area contributed by atoms with Gasteiger partial charge in [0.2, 0.25) is 0 Å². The predicted octanol–water partition coefficient (Wildman–Crippen LogP) is 0.813. The van der Waals surface area contributed by atoms with E-state index >= 15 is 0 Å². The lowest BCUT2D eigenvalue weighted by Gasteiger charge is -2.09. The van der Waals surface area contributed by atoms with Crippen molar-refractivity contribution in [3.63, 3.8) is 0 Å². The smallest absolute Gasteiger partial charge is 0.104 e. The second-order valence-electron chi connectivity index (χ2n) is 2.84. The molecule has 1 unspecified atom stereocenters. The summed E-state index contributed by atoms with van der Waals surface area (Å²) in [6, 6.07) is 3.70. The number of aliphatic hydroxyl groups excluding tert-OH is 2. The van der Waals surface area contributed by atoms with Crippen LogP contribution in [0.3, 0.4) is 0 Å². The van der Waals surface area contributed by atoms with E-state index in [9.17, 15) is 0 Å². The third kappa shape index (κ3) is 2.68. The Morgan fingerprint density at radius 3 is 2.75 bits per heavy atom. The summed E-state index contributed by atoms with van der Waals surface area (Å²) in [6.45, 7) is 0.215. The Kier molecular flexibility index (Phi) is 3.84. The minimum absolute atomic E-state index is 0.0985. The molecule has 68 valence electrons. The van der Waals surface area contributed by atoms with Gasteiger partial charge in [0.15, 0.2) is 0 Å². The summed E-state index contributed by atoms with van der Waals surface area (Å²) >= 11 is 0. The van der Waals surface area contributed by atoms with E-state index < -0.39 is 0 Å². The van der Waals surface area contributed by atoms with Crippen LogP contribution < -0.4 is 0 Å². The third-order valence-corrected chi connectivity index (χ3v) is 1.87. The molecular weight excluding hydrogens is 156 g/mol. The van der Waals surface area contributed by atoms with E-state index in [1.165, 1.54) is 0 Å². The van der Waals surface area contributed by atoms with Gasteiger partial charge < -0.3 is 14.6 Å². The Hall–Kier alpha value is -0.800. The number of aliphatic hydroxyl groups is 2. The molecule has 1 atom stereocenters. The van der Waals surface area contributed by atoms with Crippen LogP contribution in [-0.2, 0) is 6.42 Å². The Morgan fingerprint density at radius 2 is 2.25 bits per heavy atom. The minimum atomic E-state index is 0.0985. The summed E-state index contributed by atoms with van der Waals surface area (Å²) in [5.41, 5.74) is 0. The van der Waals surface area contributed by atoms with Crippen molar-refractivity contribution < 1.29 is 14.6 Å². The summed E-state index contributed by atoms with van der Waals surface area (Å²) in [6.07, 6.45) is 2.93. The first-order valence-corrected chi connectivity index (χ1v) is 4.11. The van der Waals surface area contributed by atoms with Crippen molar-refractivity contribution in [2.75, 3.05) is 13.2 Å². The molecular formula is C9H14O3. The zero-order valence-corrected chi connectivity index (χ0v) is 6.94. The van der Waals surface area contributed by atoms with Gasteiger partial charge in [0, 0.05) is 19.6 Å². The highest BCUT2D eigenvalue weighted by Gasteiger charge is 2.08. The lowest BCUT2D eigenvalue weighted by Crippen LogP contribution is -2.10.